The lowest BCUT2D eigenvalue weighted by Crippen LogP contribution is -2.50. The molecular formula is C20H27N3. The Morgan fingerprint density at radius 2 is 1.48 bits per heavy atom. The van der Waals surface area contributed by atoms with E-state index >= 15 is 0 Å². The second-order valence-electron chi connectivity index (χ2n) is 10.3. The van der Waals surface area contributed by atoms with Crippen molar-refractivity contribution in [3.05, 3.63) is 11.6 Å². The average molecular weight is 309 g/mol. The molecule has 3 heteroatoms. The van der Waals surface area contributed by atoms with Gasteiger partial charge in [-0.05, 0) is 93.8 Å². The van der Waals surface area contributed by atoms with Gasteiger partial charge in [0.25, 0.3) is 0 Å². The van der Waals surface area contributed by atoms with Crippen molar-refractivity contribution in [1.29, 1.82) is 0 Å². The smallest absolute Gasteiger partial charge is 0.139 e. The molecule has 122 valence electrons. The van der Waals surface area contributed by atoms with Crippen LogP contribution in [0.4, 0.5) is 0 Å². The van der Waals surface area contributed by atoms with E-state index in [1.165, 1.54) is 75.9 Å². The molecule has 6 fully saturated rings. The van der Waals surface area contributed by atoms with Crippen LogP contribution in [0.2, 0.25) is 0 Å². The van der Waals surface area contributed by atoms with Gasteiger partial charge in [0.1, 0.15) is 11.6 Å². The fraction of sp³-hybridized carbons (Fsp3) is 0.900. The zero-order valence-corrected chi connectivity index (χ0v) is 14.0. The molecule has 8 rings (SSSR count). The zero-order chi connectivity index (χ0) is 14.8. The molecular weight excluding hydrogens is 282 g/mol. The van der Waals surface area contributed by atoms with Crippen LogP contribution < -0.4 is 0 Å². The van der Waals surface area contributed by atoms with Gasteiger partial charge < -0.3 is 4.57 Å². The summed E-state index contributed by atoms with van der Waals surface area (Å²) >= 11 is 0. The first-order valence-electron chi connectivity index (χ1n) is 10.2. The van der Waals surface area contributed by atoms with Crippen molar-refractivity contribution in [2.45, 2.75) is 81.6 Å². The second-order valence-corrected chi connectivity index (χ2v) is 10.3. The normalized spacial score (nSPS) is 54.7. The van der Waals surface area contributed by atoms with Crippen LogP contribution in [0.25, 0.3) is 0 Å². The standard InChI is InChI=1S/C20H27N3/c1-12-2-14-3-13(1)9-20(8-12,10-14)19-22-21-18-17-6-11-4-15(17)7-16(5-11)23(18)19/h11-17H,1-10H2. The van der Waals surface area contributed by atoms with E-state index < -0.39 is 0 Å². The number of rotatable bonds is 1. The molecule has 1 aromatic heterocycles. The summed E-state index contributed by atoms with van der Waals surface area (Å²) in [5, 5.41) is 9.78. The van der Waals surface area contributed by atoms with E-state index in [0.29, 0.717) is 5.41 Å². The maximum Gasteiger partial charge on any atom is 0.139 e. The summed E-state index contributed by atoms with van der Waals surface area (Å²) < 4.78 is 2.73. The van der Waals surface area contributed by atoms with Crippen molar-refractivity contribution >= 4 is 0 Å². The van der Waals surface area contributed by atoms with E-state index in [9.17, 15) is 0 Å². The fourth-order valence-electron chi connectivity index (χ4n) is 8.71. The molecule has 0 radical (unpaired) electrons. The molecule has 0 aromatic carbocycles. The zero-order valence-electron chi connectivity index (χ0n) is 14.0. The van der Waals surface area contributed by atoms with E-state index in [1.807, 2.05) is 0 Å². The Balaban J connectivity index is 1.39. The molecule has 0 saturated heterocycles. The molecule has 2 heterocycles. The van der Waals surface area contributed by atoms with Crippen LogP contribution in [0.3, 0.4) is 0 Å². The van der Waals surface area contributed by atoms with Crippen molar-refractivity contribution in [2.75, 3.05) is 0 Å². The SMILES string of the molecule is C1C2CC3CC1CC(c1nnc4n1C1CC5CC(C1)C4C5)(C2)C3. The van der Waals surface area contributed by atoms with Crippen molar-refractivity contribution in [3.63, 3.8) is 0 Å². The van der Waals surface area contributed by atoms with Gasteiger partial charge in [0.15, 0.2) is 0 Å². The number of fused-ring (bicyclic) bond motifs is 5. The fourth-order valence-corrected chi connectivity index (χ4v) is 8.71. The Labute approximate surface area is 138 Å². The number of aromatic nitrogens is 3. The number of nitrogens with zero attached hydrogens (tertiary/aromatic N) is 3. The van der Waals surface area contributed by atoms with Crippen LogP contribution in [0.1, 0.15) is 87.8 Å². The summed E-state index contributed by atoms with van der Waals surface area (Å²) in [6.07, 6.45) is 14.6. The van der Waals surface area contributed by atoms with Crippen LogP contribution in [0, 0.1) is 29.6 Å². The Kier molecular flexibility index (Phi) is 2.10. The Hall–Kier alpha value is -0.860. The molecule has 7 bridgehead atoms. The lowest BCUT2D eigenvalue weighted by Gasteiger charge is -2.56. The molecule has 4 atom stereocenters. The Bertz CT molecular complexity index is 652. The third-order valence-corrected chi connectivity index (χ3v) is 8.90. The van der Waals surface area contributed by atoms with E-state index in [4.69, 9.17) is 10.2 Å². The first kappa shape index (κ1) is 12.5. The summed E-state index contributed by atoms with van der Waals surface area (Å²) in [5.74, 6) is 8.59. The van der Waals surface area contributed by atoms with Gasteiger partial charge in [-0.15, -0.1) is 10.2 Å². The minimum absolute atomic E-state index is 0.425. The molecule has 1 aromatic rings. The van der Waals surface area contributed by atoms with Crippen molar-refractivity contribution < 1.29 is 0 Å². The number of hydrogen-bond donors (Lipinski definition) is 0. The lowest BCUT2D eigenvalue weighted by molar-refractivity contribution is -0.0128. The summed E-state index contributed by atoms with van der Waals surface area (Å²) in [5.41, 5.74) is 0.425. The third-order valence-electron chi connectivity index (χ3n) is 8.90. The monoisotopic (exact) mass is 309 g/mol. The number of hydrogen-bond acceptors (Lipinski definition) is 2. The average Bonchev–Trinajstić information content (AvgIpc) is 3.04. The highest BCUT2D eigenvalue weighted by molar-refractivity contribution is 5.24. The van der Waals surface area contributed by atoms with Crippen molar-refractivity contribution in [1.82, 2.24) is 14.8 Å². The molecule has 1 aliphatic heterocycles. The third kappa shape index (κ3) is 1.45. The highest BCUT2D eigenvalue weighted by Crippen LogP contribution is 2.63. The van der Waals surface area contributed by atoms with Gasteiger partial charge in [-0.1, -0.05) is 0 Å². The highest BCUT2D eigenvalue weighted by Gasteiger charge is 2.56. The molecule has 4 unspecified atom stereocenters. The van der Waals surface area contributed by atoms with Gasteiger partial charge in [-0.2, -0.15) is 0 Å². The van der Waals surface area contributed by atoms with Gasteiger partial charge in [-0.25, -0.2) is 0 Å². The van der Waals surface area contributed by atoms with Gasteiger partial charge >= 0.3 is 0 Å². The van der Waals surface area contributed by atoms with Crippen LogP contribution in [-0.4, -0.2) is 14.8 Å². The van der Waals surface area contributed by atoms with Gasteiger partial charge in [0.2, 0.25) is 0 Å². The molecule has 0 N–H and O–H groups in total. The van der Waals surface area contributed by atoms with Crippen LogP contribution in [0.5, 0.6) is 0 Å². The van der Waals surface area contributed by atoms with Crippen molar-refractivity contribution in [2.24, 2.45) is 29.6 Å². The Morgan fingerprint density at radius 1 is 0.739 bits per heavy atom. The maximum atomic E-state index is 4.94. The lowest BCUT2D eigenvalue weighted by atomic mass is 9.49. The molecule has 23 heavy (non-hydrogen) atoms. The van der Waals surface area contributed by atoms with Crippen molar-refractivity contribution in [3.8, 4) is 0 Å². The molecule has 7 aliphatic rings. The van der Waals surface area contributed by atoms with E-state index in [1.54, 1.807) is 0 Å². The maximum absolute atomic E-state index is 4.94. The van der Waals surface area contributed by atoms with Gasteiger partial charge in [0, 0.05) is 17.4 Å². The predicted octanol–water partition coefficient (Wildman–Crippen LogP) is 4.20. The summed E-state index contributed by atoms with van der Waals surface area (Å²) in [7, 11) is 0. The first-order valence-corrected chi connectivity index (χ1v) is 10.2. The van der Waals surface area contributed by atoms with Crippen LogP contribution >= 0.6 is 0 Å². The van der Waals surface area contributed by atoms with Gasteiger partial charge in [0.05, 0.1) is 0 Å². The molecule has 0 amide bonds. The molecule has 3 nitrogen and oxygen atoms in total. The van der Waals surface area contributed by atoms with E-state index in [0.717, 1.165) is 41.5 Å². The molecule has 0 spiro atoms. The molecule has 6 aliphatic carbocycles. The summed E-state index contributed by atoms with van der Waals surface area (Å²) in [4.78, 5) is 0. The largest absolute Gasteiger partial charge is 0.311 e. The van der Waals surface area contributed by atoms with E-state index in [-0.39, 0.29) is 0 Å². The quantitative estimate of drug-likeness (QED) is 0.778. The van der Waals surface area contributed by atoms with Gasteiger partial charge in [-0.3, -0.25) is 0 Å². The van der Waals surface area contributed by atoms with E-state index in [2.05, 4.69) is 4.57 Å². The minimum atomic E-state index is 0.425. The topological polar surface area (TPSA) is 30.7 Å². The first-order chi connectivity index (χ1) is 11.3. The summed E-state index contributed by atoms with van der Waals surface area (Å²) in [6.45, 7) is 0. The van der Waals surface area contributed by atoms with Crippen LogP contribution in [0.15, 0.2) is 0 Å². The Morgan fingerprint density at radius 3 is 2.22 bits per heavy atom. The second kappa shape index (κ2) is 3.86. The minimum Gasteiger partial charge on any atom is -0.311 e. The van der Waals surface area contributed by atoms with Crippen LogP contribution in [-0.2, 0) is 5.41 Å². The predicted molar refractivity (Wildman–Crippen MR) is 87.1 cm³/mol. The summed E-state index contributed by atoms with van der Waals surface area (Å²) in [6, 6.07) is 0.755. The molecule has 6 saturated carbocycles. The highest BCUT2D eigenvalue weighted by atomic mass is 15.3.